The summed E-state index contributed by atoms with van der Waals surface area (Å²) in [4.78, 5) is 0. The fraction of sp³-hybridized carbons (Fsp3) is 0.571. The van der Waals surface area contributed by atoms with Gasteiger partial charge in [0, 0.05) is 30.0 Å². The van der Waals surface area contributed by atoms with Gasteiger partial charge in [-0.1, -0.05) is 17.7 Å². The van der Waals surface area contributed by atoms with Crippen molar-refractivity contribution in [3.63, 3.8) is 0 Å². The molecule has 0 spiro atoms. The zero-order valence-electron chi connectivity index (χ0n) is 10.5. The second-order valence-electron chi connectivity index (χ2n) is 4.58. The first kappa shape index (κ1) is 14.2. The van der Waals surface area contributed by atoms with Gasteiger partial charge < -0.3 is 10.4 Å². The first-order valence-electron chi connectivity index (χ1n) is 6.51. The second-order valence-corrected chi connectivity index (χ2v) is 6.24. The van der Waals surface area contributed by atoms with E-state index in [1.54, 1.807) is 0 Å². The largest absolute Gasteiger partial charge is 0.396 e. The van der Waals surface area contributed by atoms with Crippen LogP contribution in [0.5, 0.6) is 0 Å². The van der Waals surface area contributed by atoms with Crippen molar-refractivity contribution in [3.05, 3.63) is 34.3 Å². The highest BCUT2D eigenvalue weighted by Crippen LogP contribution is 2.32. The molecule has 0 saturated carbocycles. The van der Waals surface area contributed by atoms with E-state index in [9.17, 15) is 0 Å². The van der Waals surface area contributed by atoms with Gasteiger partial charge in [-0.2, -0.15) is 11.8 Å². The molecule has 1 aliphatic rings. The molecule has 0 amide bonds. The Hall–Kier alpha value is -0.220. The topological polar surface area (TPSA) is 32.3 Å². The molecule has 18 heavy (non-hydrogen) atoms. The minimum atomic E-state index is 0.303. The van der Waals surface area contributed by atoms with Crippen molar-refractivity contribution >= 4 is 23.4 Å². The number of benzene rings is 1. The summed E-state index contributed by atoms with van der Waals surface area (Å²) < 4.78 is 0. The third kappa shape index (κ3) is 3.89. The van der Waals surface area contributed by atoms with Gasteiger partial charge in [-0.05, 0) is 48.3 Å². The third-order valence-corrected chi connectivity index (χ3v) is 4.57. The van der Waals surface area contributed by atoms with Gasteiger partial charge >= 0.3 is 0 Å². The van der Waals surface area contributed by atoms with Gasteiger partial charge in [0.05, 0.1) is 0 Å². The molecule has 0 heterocycles. The lowest BCUT2D eigenvalue weighted by atomic mass is 10.1. The van der Waals surface area contributed by atoms with Gasteiger partial charge in [-0.25, -0.2) is 0 Å². The van der Waals surface area contributed by atoms with Crippen LogP contribution >= 0.6 is 23.4 Å². The lowest BCUT2D eigenvalue weighted by Crippen LogP contribution is -2.22. The van der Waals surface area contributed by atoms with Crippen LogP contribution in [-0.4, -0.2) is 29.8 Å². The highest BCUT2D eigenvalue weighted by atomic mass is 35.5. The normalized spacial score (nSPS) is 18.0. The van der Waals surface area contributed by atoms with Crippen molar-refractivity contribution in [3.8, 4) is 0 Å². The fourth-order valence-corrected chi connectivity index (χ4v) is 3.37. The van der Waals surface area contributed by atoms with Gasteiger partial charge in [-0.15, -0.1) is 0 Å². The highest BCUT2D eigenvalue weighted by molar-refractivity contribution is 7.99. The average Bonchev–Trinajstić information content (AvgIpc) is 2.76. The van der Waals surface area contributed by atoms with Crippen molar-refractivity contribution in [1.82, 2.24) is 5.32 Å². The van der Waals surface area contributed by atoms with Crippen LogP contribution in [0.2, 0.25) is 5.02 Å². The van der Waals surface area contributed by atoms with Crippen LogP contribution in [0, 0.1) is 0 Å². The van der Waals surface area contributed by atoms with Crippen LogP contribution < -0.4 is 5.32 Å². The Morgan fingerprint density at radius 1 is 1.39 bits per heavy atom. The Morgan fingerprint density at radius 2 is 2.28 bits per heavy atom. The summed E-state index contributed by atoms with van der Waals surface area (Å²) in [6, 6.07) is 6.72. The summed E-state index contributed by atoms with van der Waals surface area (Å²) in [6.07, 6.45) is 3.21. The van der Waals surface area contributed by atoms with Crippen LogP contribution in [-0.2, 0) is 6.42 Å². The van der Waals surface area contributed by atoms with E-state index in [1.807, 2.05) is 17.8 Å². The molecule has 1 aromatic rings. The van der Waals surface area contributed by atoms with Crippen molar-refractivity contribution in [1.29, 1.82) is 0 Å². The van der Waals surface area contributed by atoms with Crippen LogP contribution in [0.1, 0.15) is 30.0 Å². The molecule has 2 rings (SSSR count). The zero-order chi connectivity index (χ0) is 12.8. The summed E-state index contributed by atoms with van der Waals surface area (Å²) >= 11 is 7.90. The first-order chi connectivity index (χ1) is 8.81. The molecule has 4 heteroatoms. The van der Waals surface area contributed by atoms with Crippen molar-refractivity contribution in [2.24, 2.45) is 0 Å². The maximum atomic E-state index is 8.69. The summed E-state index contributed by atoms with van der Waals surface area (Å²) in [5, 5.41) is 13.1. The number of hydrogen-bond acceptors (Lipinski definition) is 3. The molecular weight excluding hydrogens is 266 g/mol. The third-order valence-electron chi connectivity index (χ3n) is 3.27. The molecular formula is C14H20ClNOS. The molecule has 1 aromatic carbocycles. The number of aliphatic hydroxyl groups excluding tert-OH is 1. The van der Waals surface area contributed by atoms with Gasteiger partial charge in [0.15, 0.2) is 0 Å². The Labute approximate surface area is 118 Å². The van der Waals surface area contributed by atoms with E-state index < -0.39 is 0 Å². The molecule has 0 aliphatic heterocycles. The van der Waals surface area contributed by atoms with Crippen LogP contribution in [0.15, 0.2) is 18.2 Å². The highest BCUT2D eigenvalue weighted by Gasteiger charge is 2.21. The van der Waals surface area contributed by atoms with Crippen molar-refractivity contribution in [2.45, 2.75) is 25.3 Å². The standard InChI is InChI=1S/C14H20ClNOS/c15-12-3-4-13-11(10-12)2-5-14(13)16-6-9-18-8-1-7-17/h3-4,10,14,16-17H,1-2,5-9H2. The van der Waals surface area contributed by atoms with Gasteiger partial charge in [0.1, 0.15) is 0 Å². The molecule has 1 unspecified atom stereocenters. The van der Waals surface area contributed by atoms with Gasteiger partial charge in [0.25, 0.3) is 0 Å². The van der Waals surface area contributed by atoms with Crippen molar-refractivity contribution in [2.75, 3.05) is 24.7 Å². The van der Waals surface area contributed by atoms with Crippen LogP contribution in [0.4, 0.5) is 0 Å². The minimum absolute atomic E-state index is 0.303. The Bertz CT molecular complexity index is 386. The minimum Gasteiger partial charge on any atom is -0.396 e. The number of rotatable bonds is 7. The average molecular weight is 286 g/mol. The number of aliphatic hydroxyl groups is 1. The Morgan fingerprint density at radius 3 is 3.11 bits per heavy atom. The van der Waals surface area contributed by atoms with Gasteiger partial charge in [0.2, 0.25) is 0 Å². The Kier molecular flexibility index (Phi) is 5.83. The number of aryl methyl sites for hydroxylation is 1. The monoisotopic (exact) mass is 285 g/mol. The number of halogens is 1. The molecule has 0 radical (unpaired) electrons. The summed E-state index contributed by atoms with van der Waals surface area (Å²) in [5.41, 5.74) is 2.81. The molecule has 2 nitrogen and oxygen atoms in total. The van der Waals surface area contributed by atoms with E-state index in [2.05, 4.69) is 17.4 Å². The first-order valence-corrected chi connectivity index (χ1v) is 8.05. The lowest BCUT2D eigenvalue weighted by molar-refractivity contribution is 0.296. The van der Waals surface area contributed by atoms with E-state index in [-0.39, 0.29) is 0 Å². The molecule has 0 fully saturated rings. The summed E-state index contributed by atoms with van der Waals surface area (Å²) in [6.45, 7) is 1.33. The van der Waals surface area contributed by atoms with Crippen LogP contribution in [0.25, 0.3) is 0 Å². The number of nitrogens with one attached hydrogen (secondary N) is 1. The number of fused-ring (bicyclic) bond motifs is 1. The lowest BCUT2D eigenvalue weighted by Gasteiger charge is -2.13. The zero-order valence-corrected chi connectivity index (χ0v) is 12.1. The predicted molar refractivity (Wildman–Crippen MR) is 79.5 cm³/mol. The number of hydrogen-bond donors (Lipinski definition) is 2. The SMILES string of the molecule is OCCCSCCNC1CCc2cc(Cl)ccc21. The predicted octanol–water partition coefficient (Wildman–Crippen LogP) is 3.03. The smallest absolute Gasteiger partial charge is 0.0438 e. The molecule has 100 valence electrons. The summed E-state index contributed by atoms with van der Waals surface area (Å²) in [7, 11) is 0. The van der Waals surface area contributed by atoms with E-state index >= 15 is 0 Å². The molecule has 1 aliphatic carbocycles. The molecule has 0 bridgehead atoms. The summed E-state index contributed by atoms with van der Waals surface area (Å²) in [5.74, 6) is 2.16. The van der Waals surface area contributed by atoms with E-state index in [4.69, 9.17) is 16.7 Å². The molecule has 0 saturated heterocycles. The molecule has 2 N–H and O–H groups in total. The van der Waals surface area contributed by atoms with Gasteiger partial charge in [-0.3, -0.25) is 0 Å². The number of thioether (sulfide) groups is 1. The molecule has 1 atom stereocenters. The maximum Gasteiger partial charge on any atom is 0.0438 e. The second kappa shape index (κ2) is 7.39. The Balaban J connectivity index is 1.73. The molecule has 0 aromatic heterocycles. The fourth-order valence-electron chi connectivity index (χ4n) is 2.37. The van der Waals surface area contributed by atoms with E-state index in [1.165, 1.54) is 17.5 Å². The van der Waals surface area contributed by atoms with Crippen LogP contribution in [0.3, 0.4) is 0 Å². The van der Waals surface area contributed by atoms with Crippen molar-refractivity contribution < 1.29 is 5.11 Å². The van der Waals surface area contributed by atoms with E-state index in [0.29, 0.717) is 12.6 Å². The quantitative estimate of drug-likeness (QED) is 0.756. The maximum absolute atomic E-state index is 8.69. The van der Waals surface area contributed by atoms with E-state index in [0.717, 1.165) is 35.9 Å².